The van der Waals surface area contributed by atoms with Crippen LogP contribution in [-0.2, 0) is 11.3 Å². The molecule has 1 fully saturated rings. The second kappa shape index (κ2) is 6.13. The SMILES string of the molecule is O=C1CSC(c2ccccc2)N1CCCn1ccnc1. The van der Waals surface area contributed by atoms with Crippen LogP contribution in [0.15, 0.2) is 49.1 Å². The van der Waals surface area contributed by atoms with E-state index < -0.39 is 0 Å². The first-order valence-corrected chi connectivity index (χ1v) is 7.81. The van der Waals surface area contributed by atoms with E-state index >= 15 is 0 Å². The Labute approximate surface area is 122 Å². The number of aryl methyl sites for hydroxylation is 1. The zero-order valence-corrected chi connectivity index (χ0v) is 12.0. The minimum Gasteiger partial charge on any atom is -0.337 e. The highest BCUT2D eigenvalue weighted by Gasteiger charge is 2.31. The van der Waals surface area contributed by atoms with Crippen molar-refractivity contribution in [1.82, 2.24) is 14.5 Å². The lowest BCUT2D eigenvalue weighted by Crippen LogP contribution is -2.29. The van der Waals surface area contributed by atoms with Gasteiger partial charge in [-0.3, -0.25) is 4.79 Å². The summed E-state index contributed by atoms with van der Waals surface area (Å²) in [5.41, 5.74) is 1.21. The van der Waals surface area contributed by atoms with Crippen molar-refractivity contribution < 1.29 is 4.79 Å². The van der Waals surface area contributed by atoms with Crippen LogP contribution in [0, 0.1) is 0 Å². The summed E-state index contributed by atoms with van der Waals surface area (Å²) in [7, 11) is 0. The number of nitrogens with zero attached hydrogens (tertiary/aromatic N) is 3. The Kier molecular flexibility index (Phi) is 4.06. The highest BCUT2D eigenvalue weighted by molar-refractivity contribution is 8.00. The lowest BCUT2D eigenvalue weighted by molar-refractivity contribution is -0.128. The number of imidazole rings is 1. The molecule has 0 radical (unpaired) electrons. The van der Waals surface area contributed by atoms with Crippen LogP contribution < -0.4 is 0 Å². The lowest BCUT2D eigenvalue weighted by Gasteiger charge is -2.24. The maximum Gasteiger partial charge on any atom is 0.233 e. The van der Waals surface area contributed by atoms with E-state index in [2.05, 4.69) is 17.1 Å². The van der Waals surface area contributed by atoms with Gasteiger partial charge in [0, 0.05) is 25.5 Å². The van der Waals surface area contributed by atoms with Crippen molar-refractivity contribution in [3.05, 3.63) is 54.6 Å². The molecule has 1 aromatic heterocycles. The van der Waals surface area contributed by atoms with Gasteiger partial charge in [-0.1, -0.05) is 30.3 Å². The molecule has 1 amide bonds. The van der Waals surface area contributed by atoms with Gasteiger partial charge in [-0.15, -0.1) is 11.8 Å². The fraction of sp³-hybridized carbons (Fsp3) is 0.333. The van der Waals surface area contributed by atoms with Crippen LogP contribution in [0.1, 0.15) is 17.4 Å². The highest BCUT2D eigenvalue weighted by Crippen LogP contribution is 2.38. The Bertz CT molecular complexity index is 556. The summed E-state index contributed by atoms with van der Waals surface area (Å²) in [6, 6.07) is 10.3. The molecule has 104 valence electrons. The van der Waals surface area contributed by atoms with Crippen molar-refractivity contribution in [3.63, 3.8) is 0 Å². The maximum absolute atomic E-state index is 12.0. The van der Waals surface area contributed by atoms with Crippen molar-refractivity contribution in [3.8, 4) is 0 Å². The molecule has 0 bridgehead atoms. The number of hydrogen-bond acceptors (Lipinski definition) is 3. The van der Waals surface area contributed by atoms with Crippen LogP contribution in [0.5, 0.6) is 0 Å². The number of rotatable bonds is 5. The number of hydrogen-bond donors (Lipinski definition) is 0. The van der Waals surface area contributed by atoms with Crippen LogP contribution in [0.2, 0.25) is 0 Å². The second-order valence-electron chi connectivity index (χ2n) is 4.82. The summed E-state index contributed by atoms with van der Waals surface area (Å²) < 4.78 is 2.05. The van der Waals surface area contributed by atoms with Gasteiger partial charge in [0.2, 0.25) is 5.91 Å². The molecule has 0 saturated carbocycles. The summed E-state index contributed by atoms with van der Waals surface area (Å²) in [5.74, 6) is 0.833. The molecule has 4 nitrogen and oxygen atoms in total. The van der Waals surface area contributed by atoms with E-state index in [4.69, 9.17) is 0 Å². The number of amides is 1. The van der Waals surface area contributed by atoms with Gasteiger partial charge in [0.15, 0.2) is 0 Å². The standard InChI is InChI=1S/C15H17N3OS/c19-14-11-20-15(13-5-2-1-3-6-13)18(14)9-4-8-17-10-7-16-12-17/h1-3,5-7,10,12,15H,4,8-9,11H2. The van der Waals surface area contributed by atoms with Crippen LogP contribution >= 0.6 is 11.8 Å². The number of carbonyl (C=O) groups is 1. The first kappa shape index (κ1) is 13.2. The van der Waals surface area contributed by atoms with Crippen molar-refractivity contribution in [2.45, 2.75) is 18.3 Å². The Hall–Kier alpha value is -1.75. The van der Waals surface area contributed by atoms with E-state index in [0.29, 0.717) is 5.75 Å². The third-order valence-electron chi connectivity index (χ3n) is 3.43. The van der Waals surface area contributed by atoms with E-state index in [1.165, 1.54) is 5.56 Å². The summed E-state index contributed by atoms with van der Waals surface area (Å²) in [6.45, 7) is 1.69. The van der Waals surface area contributed by atoms with Gasteiger partial charge in [-0.25, -0.2) is 4.98 Å². The lowest BCUT2D eigenvalue weighted by atomic mass is 10.2. The molecule has 0 N–H and O–H groups in total. The third kappa shape index (κ3) is 2.88. The third-order valence-corrected chi connectivity index (χ3v) is 4.68. The van der Waals surface area contributed by atoms with Crippen molar-refractivity contribution in [2.24, 2.45) is 0 Å². The molecule has 1 atom stereocenters. The van der Waals surface area contributed by atoms with E-state index in [1.807, 2.05) is 40.2 Å². The van der Waals surface area contributed by atoms with E-state index in [-0.39, 0.29) is 11.3 Å². The molecule has 20 heavy (non-hydrogen) atoms. The molecule has 2 heterocycles. The molecule has 1 saturated heterocycles. The topological polar surface area (TPSA) is 38.1 Å². The van der Waals surface area contributed by atoms with Crippen LogP contribution in [0.25, 0.3) is 0 Å². The van der Waals surface area contributed by atoms with Crippen molar-refractivity contribution in [1.29, 1.82) is 0 Å². The summed E-state index contributed by atoms with van der Waals surface area (Å²) in [6.07, 6.45) is 6.50. The molecule has 1 aliphatic heterocycles. The van der Waals surface area contributed by atoms with Crippen molar-refractivity contribution >= 4 is 17.7 Å². The van der Waals surface area contributed by atoms with Gasteiger partial charge < -0.3 is 9.47 Å². The molecule has 0 aliphatic carbocycles. The van der Waals surface area contributed by atoms with Gasteiger partial charge in [0.25, 0.3) is 0 Å². The minimum atomic E-state index is 0.173. The quantitative estimate of drug-likeness (QED) is 0.848. The monoisotopic (exact) mass is 287 g/mol. The fourth-order valence-corrected chi connectivity index (χ4v) is 3.65. The van der Waals surface area contributed by atoms with E-state index in [1.54, 1.807) is 18.0 Å². The second-order valence-corrected chi connectivity index (χ2v) is 5.88. The molecule has 1 unspecified atom stereocenters. The molecule has 3 rings (SSSR count). The normalized spacial score (nSPS) is 18.7. The maximum atomic E-state index is 12.0. The summed E-state index contributed by atoms with van der Waals surface area (Å²) in [5, 5.41) is 0.173. The average molecular weight is 287 g/mol. The largest absolute Gasteiger partial charge is 0.337 e. The molecular weight excluding hydrogens is 270 g/mol. The van der Waals surface area contributed by atoms with Gasteiger partial charge >= 0.3 is 0 Å². The molecule has 2 aromatic rings. The van der Waals surface area contributed by atoms with Gasteiger partial charge in [-0.2, -0.15) is 0 Å². The number of thioether (sulfide) groups is 1. The predicted molar refractivity (Wildman–Crippen MR) is 80.2 cm³/mol. The first-order chi connectivity index (χ1) is 9.84. The fourth-order valence-electron chi connectivity index (χ4n) is 2.43. The molecule has 1 aliphatic rings. The van der Waals surface area contributed by atoms with Crippen molar-refractivity contribution in [2.75, 3.05) is 12.3 Å². The zero-order valence-electron chi connectivity index (χ0n) is 11.2. The van der Waals surface area contributed by atoms with Crippen LogP contribution in [-0.4, -0.2) is 32.7 Å². The number of carbonyl (C=O) groups excluding carboxylic acids is 1. The van der Waals surface area contributed by atoms with Crippen LogP contribution in [0.4, 0.5) is 0 Å². The molecular formula is C15H17N3OS. The molecule has 1 aromatic carbocycles. The first-order valence-electron chi connectivity index (χ1n) is 6.76. The summed E-state index contributed by atoms with van der Waals surface area (Å²) in [4.78, 5) is 18.1. The van der Waals surface area contributed by atoms with E-state index in [9.17, 15) is 4.79 Å². The van der Waals surface area contributed by atoms with E-state index in [0.717, 1.165) is 19.5 Å². The average Bonchev–Trinajstić information content (AvgIpc) is 3.11. The van der Waals surface area contributed by atoms with Crippen LogP contribution in [0.3, 0.4) is 0 Å². The molecule has 0 spiro atoms. The van der Waals surface area contributed by atoms with Gasteiger partial charge in [0.1, 0.15) is 5.37 Å². The van der Waals surface area contributed by atoms with Gasteiger partial charge in [0.05, 0.1) is 12.1 Å². The molecule has 5 heteroatoms. The Balaban J connectivity index is 1.62. The smallest absolute Gasteiger partial charge is 0.233 e. The zero-order chi connectivity index (χ0) is 13.8. The predicted octanol–water partition coefficient (Wildman–Crippen LogP) is 2.55. The number of benzene rings is 1. The minimum absolute atomic E-state index is 0.173. The summed E-state index contributed by atoms with van der Waals surface area (Å²) >= 11 is 1.72. The Morgan fingerprint density at radius 3 is 2.85 bits per heavy atom. The number of aromatic nitrogens is 2. The Morgan fingerprint density at radius 2 is 2.10 bits per heavy atom. The highest BCUT2D eigenvalue weighted by atomic mass is 32.2. The Morgan fingerprint density at radius 1 is 1.25 bits per heavy atom. The van der Waals surface area contributed by atoms with Gasteiger partial charge in [-0.05, 0) is 12.0 Å².